The summed E-state index contributed by atoms with van der Waals surface area (Å²) in [5.74, 6) is 1.72. The molecule has 104 valence electrons. The first-order chi connectivity index (χ1) is 9.36. The Kier molecular flexibility index (Phi) is 4.19. The molecule has 1 saturated heterocycles. The van der Waals surface area contributed by atoms with Crippen LogP contribution < -0.4 is 5.32 Å². The highest BCUT2D eigenvalue weighted by Crippen LogP contribution is 2.41. The Labute approximate surface area is 117 Å². The van der Waals surface area contributed by atoms with Gasteiger partial charge in [-0.15, -0.1) is 0 Å². The van der Waals surface area contributed by atoms with Crippen LogP contribution in [0.15, 0.2) is 24.3 Å². The van der Waals surface area contributed by atoms with E-state index in [2.05, 4.69) is 41.4 Å². The van der Waals surface area contributed by atoms with E-state index in [1.54, 1.807) is 5.56 Å². The molecule has 2 fully saturated rings. The lowest BCUT2D eigenvalue weighted by Crippen LogP contribution is -2.26. The maximum atomic E-state index is 3.68. The topological polar surface area (TPSA) is 15.3 Å². The number of nitrogens with one attached hydrogen (secondary N) is 1. The standard InChI is InChI=1S/C17H26N2/c1-2-19-10-9-14(13-19)11-18-12-16-5-3-4-6-17(16)15-7-8-15/h3-6,14-15,18H,2,7-13H2,1H3. The molecular weight excluding hydrogens is 232 g/mol. The van der Waals surface area contributed by atoms with Crippen LogP contribution in [0.1, 0.15) is 43.2 Å². The van der Waals surface area contributed by atoms with Gasteiger partial charge in [0.05, 0.1) is 0 Å². The number of nitrogens with zero attached hydrogens (tertiary/aromatic N) is 1. The molecule has 1 saturated carbocycles. The van der Waals surface area contributed by atoms with Crippen molar-refractivity contribution in [2.45, 2.75) is 38.6 Å². The van der Waals surface area contributed by atoms with Gasteiger partial charge < -0.3 is 10.2 Å². The second kappa shape index (κ2) is 6.06. The van der Waals surface area contributed by atoms with Gasteiger partial charge in [0.15, 0.2) is 0 Å². The summed E-state index contributed by atoms with van der Waals surface area (Å²) in [6.07, 6.45) is 4.15. The molecule has 0 bridgehead atoms. The molecule has 1 unspecified atom stereocenters. The van der Waals surface area contributed by atoms with Crippen LogP contribution in [0.5, 0.6) is 0 Å². The molecule has 0 amide bonds. The molecule has 1 aromatic rings. The van der Waals surface area contributed by atoms with Crippen molar-refractivity contribution in [2.75, 3.05) is 26.2 Å². The second-order valence-corrected chi connectivity index (χ2v) is 6.15. The van der Waals surface area contributed by atoms with Gasteiger partial charge in [-0.25, -0.2) is 0 Å². The summed E-state index contributed by atoms with van der Waals surface area (Å²) in [4.78, 5) is 2.56. The van der Waals surface area contributed by atoms with Crippen LogP contribution in [0.25, 0.3) is 0 Å². The number of rotatable bonds is 6. The number of hydrogen-bond donors (Lipinski definition) is 1. The van der Waals surface area contributed by atoms with Crippen molar-refractivity contribution >= 4 is 0 Å². The lowest BCUT2D eigenvalue weighted by Gasteiger charge is -2.15. The van der Waals surface area contributed by atoms with Gasteiger partial charge in [0.2, 0.25) is 0 Å². The van der Waals surface area contributed by atoms with Crippen LogP contribution in [-0.2, 0) is 6.54 Å². The Morgan fingerprint density at radius 2 is 2.05 bits per heavy atom. The molecule has 3 rings (SSSR count). The van der Waals surface area contributed by atoms with E-state index in [0.29, 0.717) is 0 Å². The zero-order valence-electron chi connectivity index (χ0n) is 12.1. The summed E-state index contributed by atoms with van der Waals surface area (Å²) in [5, 5.41) is 3.68. The highest BCUT2D eigenvalue weighted by Gasteiger charge is 2.25. The Balaban J connectivity index is 1.47. The van der Waals surface area contributed by atoms with Gasteiger partial charge in [0, 0.05) is 13.1 Å². The largest absolute Gasteiger partial charge is 0.312 e. The van der Waals surface area contributed by atoms with Crippen molar-refractivity contribution in [1.29, 1.82) is 0 Å². The molecule has 1 aliphatic carbocycles. The van der Waals surface area contributed by atoms with Crippen LogP contribution in [0, 0.1) is 5.92 Å². The number of likely N-dealkylation sites (tertiary alicyclic amines) is 1. The fraction of sp³-hybridized carbons (Fsp3) is 0.647. The molecule has 1 atom stereocenters. The van der Waals surface area contributed by atoms with E-state index in [-0.39, 0.29) is 0 Å². The average Bonchev–Trinajstić information content (AvgIpc) is 3.19. The minimum atomic E-state index is 0.855. The lowest BCUT2D eigenvalue weighted by molar-refractivity contribution is 0.339. The molecule has 1 heterocycles. The maximum absolute atomic E-state index is 3.68. The summed E-state index contributed by atoms with van der Waals surface area (Å²) in [7, 11) is 0. The molecule has 0 radical (unpaired) electrons. The lowest BCUT2D eigenvalue weighted by atomic mass is 10.0. The molecular formula is C17H26N2. The van der Waals surface area contributed by atoms with Gasteiger partial charge >= 0.3 is 0 Å². The first kappa shape index (κ1) is 13.1. The van der Waals surface area contributed by atoms with Crippen LogP contribution in [-0.4, -0.2) is 31.1 Å². The molecule has 0 aromatic heterocycles. The van der Waals surface area contributed by atoms with Gasteiger partial charge in [-0.1, -0.05) is 31.2 Å². The minimum Gasteiger partial charge on any atom is -0.312 e. The van der Waals surface area contributed by atoms with Crippen molar-refractivity contribution in [3.8, 4) is 0 Å². The maximum Gasteiger partial charge on any atom is 0.0208 e. The predicted octanol–water partition coefficient (Wildman–Crippen LogP) is 3.00. The summed E-state index contributed by atoms with van der Waals surface area (Å²) in [5.41, 5.74) is 3.12. The first-order valence-electron chi connectivity index (χ1n) is 7.87. The van der Waals surface area contributed by atoms with Crippen molar-refractivity contribution in [2.24, 2.45) is 5.92 Å². The predicted molar refractivity (Wildman–Crippen MR) is 80.3 cm³/mol. The third-order valence-corrected chi connectivity index (χ3v) is 4.64. The molecule has 1 aliphatic heterocycles. The quantitative estimate of drug-likeness (QED) is 0.844. The Morgan fingerprint density at radius 1 is 1.21 bits per heavy atom. The molecule has 1 aromatic carbocycles. The van der Waals surface area contributed by atoms with Crippen molar-refractivity contribution < 1.29 is 0 Å². The average molecular weight is 258 g/mol. The first-order valence-corrected chi connectivity index (χ1v) is 7.87. The summed E-state index contributed by atoms with van der Waals surface area (Å²) < 4.78 is 0. The van der Waals surface area contributed by atoms with Gasteiger partial charge in [-0.2, -0.15) is 0 Å². The van der Waals surface area contributed by atoms with E-state index >= 15 is 0 Å². The van der Waals surface area contributed by atoms with Crippen molar-refractivity contribution in [1.82, 2.24) is 10.2 Å². The SMILES string of the molecule is CCN1CCC(CNCc2ccccc2C2CC2)C1. The molecule has 2 heteroatoms. The van der Waals surface area contributed by atoms with Crippen LogP contribution in [0.2, 0.25) is 0 Å². The normalized spacial score (nSPS) is 23.9. The monoisotopic (exact) mass is 258 g/mol. The van der Waals surface area contributed by atoms with E-state index in [1.165, 1.54) is 51.0 Å². The van der Waals surface area contributed by atoms with Gasteiger partial charge in [-0.3, -0.25) is 0 Å². The third kappa shape index (κ3) is 3.37. The van der Waals surface area contributed by atoms with Gasteiger partial charge in [0.25, 0.3) is 0 Å². The van der Waals surface area contributed by atoms with Crippen molar-refractivity contribution in [3.63, 3.8) is 0 Å². The molecule has 19 heavy (non-hydrogen) atoms. The third-order valence-electron chi connectivity index (χ3n) is 4.64. The van der Waals surface area contributed by atoms with Crippen LogP contribution >= 0.6 is 0 Å². The number of benzene rings is 1. The van der Waals surface area contributed by atoms with E-state index in [0.717, 1.165) is 18.4 Å². The zero-order valence-corrected chi connectivity index (χ0v) is 12.1. The van der Waals surface area contributed by atoms with E-state index in [4.69, 9.17) is 0 Å². The number of hydrogen-bond acceptors (Lipinski definition) is 2. The highest BCUT2D eigenvalue weighted by atomic mass is 15.1. The van der Waals surface area contributed by atoms with Gasteiger partial charge in [0.1, 0.15) is 0 Å². The van der Waals surface area contributed by atoms with E-state index < -0.39 is 0 Å². The van der Waals surface area contributed by atoms with Gasteiger partial charge in [-0.05, 0) is 61.9 Å². The van der Waals surface area contributed by atoms with Crippen LogP contribution in [0.3, 0.4) is 0 Å². The van der Waals surface area contributed by atoms with E-state index in [9.17, 15) is 0 Å². The smallest absolute Gasteiger partial charge is 0.0208 e. The molecule has 0 spiro atoms. The summed E-state index contributed by atoms with van der Waals surface area (Å²) >= 11 is 0. The minimum absolute atomic E-state index is 0.855. The molecule has 2 nitrogen and oxygen atoms in total. The zero-order chi connectivity index (χ0) is 13.1. The van der Waals surface area contributed by atoms with Crippen molar-refractivity contribution in [3.05, 3.63) is 35.4 Å². The molecule has 1 N–H and O–H groups in total. The highest BCUT2D eigenvalue weighted by molar-refractivity contribution is 5.33. The summed E-state index contributed by atoms with van der Waals surface area (Å²) in [6, 6.07) is 8.99. The van der Waals surface area contributed by atoms with E-state index in [1.807, 2.05) is 0 Å². The fourth-order valence-electron chi connectivity index (χ4n) is 3.27. The second-order valence-electron chi connectivity index (χ2n) is 6.15. The summed E-state index contributed by atoms with van der Waals surface area (Å²) in [6.45, 7) is 8.28. The Bertz CT molecular complexity index is 411. The Hall–Kier alpha value is -0.860. The Morgan fingerprint density at radius 3 is 2.79 bits per heavy atom. The van der Waals surface area contributed by atoms with Crippen LogP contribution in [0.4, 0.5) is 0 Å². The molecule has 2 aliphatic rings. The fourth-order valence-corrected chi connectivity index (χ4v) is 3.27.